The Balaban J connectivity index is 0.00000361. The smallest absolute Gasteiger partial charge is 0.277 e. The van der Waals surface area contributed by atoms with Gasteiger partial charge in [-0.25, -0.2) is 13.2 Å². The van der Waals surface area contributed by atoms with Crippen LogP contribution in [0.5, 0.6) is 5.75 Å². The lowest BCUT2D eigenvalue weighted by Crippen LogP contribution is -2.42. The monoisotopic (exact) mass is 312 g/mol. The molecule has 0 atom stereocenters. The number of amides is 1. The topological polar surface area (TPSA) is 64.3 Å². The van der Waals surface area contributed by atoms with Crippen LogP contribution >= 0.6 is 12.4 Å². The van der Waals surface area contributed by atoms with Crippen LogP contribution < -0.4 is 15.8 Å². The van der Waals surface area contributed by atoms with Crippen LogP contribution in [0.25, 0.3) is 0 Å². The number of alkyl halides is 2. The second-order valence-corrected chi connectivity index (χ2v) is 3.98. The van der Waals surface area contributed by atoms with E-state index in [1.54, 1.807) is 0 Å². The average Bonchev–Trinajstić information content (AvgIpc) is 2.37. The van der Waals surface area contributed by atoms with Crippen molar-refractivity contribution in [3.63, 3.8) is 0 Å². The molecule has 20 heavy (non-hydrogen) atoms. The molecule has 3 N–H and O–H groups in total. The van der Waals surface area contributed by atoms with E-state index in [1.807, 2.05) is 5.32 Å². The summed E-state index contributed by atoms with van der Waals surface area (Å²) < 4.78 is 43.7. The molecule has 0 unspecified atom stereocenters. The highest BCUT2D eigenvalue weighted by Gasteiger charge is 2.27. The fraction of sp³-hybridized carbons (Fsp3) is 0.417. The first-order valence-corrected chi connectivity index (χ1v) is 5.55. The maximum absolute atomic E-state index is 13.3. The SMILES string of the molecule is COc1ccc(CC(=O)NCC(F)(F)CN)cc1F.Cl. The van der Waals surface area contributed by atoms with Crippen molar-refractivity contribution in [1.82, 2.24) is 5.32 Å². The van der Waals surface area contributed by atoms with Crippen LogP contribution in [0.1, 0.15) is 5.56 Å². The minimum absolute atomic E-state index is 0. The zero-order valence-corrected chi connectivity index (χ0v) is 11.6. The molecule has 0 radical (unpaired) electrons. The number of ether oxygens (including phenoxy) is 1. The minimum atomic E-state index is -3.14. The molecule has 0 bridgehead atoms. The van der Waals surface area contributed by atoms with Crippen LogP contribution in [-0.2, 0) is 11.2 Å². The molecule has 0 spiro atoms. The predicted molar refractivity (Wildman–Crippen MR) is 70.9 cm³/mol. The molecule has 0 fully saturated rings. The molecular formula is C12H16ClF3N2O2. The van der Waals surface area contributed by atoms with Crippen molar-refractivity contribution in [2.45, 2.75) is 12.3 Å². The summed E-state index contributed by atoms with van der Waals surface area (Å²) in [6.07, 6.45) is -0.193. The largest absolute Gasteiger partial charge is 0.494 e. The van der Waals surface area contributed by atoms with Crippen LogP contribution in [0.2, 0.25) is 0 Å². The van der Waals surface area contributed by atoms with Crippen molar-refractivity contribution >= 4 is 18.3 Å². The van der Waals surface area contributed by atoms with Gasteiger partial charge >= 0.3 is 0 Å². The first-order chi connectivity index (χ1) is 8.88. The lowest BCUT2D eigenvalue weighted by Gasteiger charge is -2.14. The van der Waals surface area contributed by atoms with Gasteiger partial charge in [0.1, 0.15) is 0 Å². The Morgan fingerprint density at radius 1 is 1.45 bits per heavy atom. The Morgan fingerprint density at radius 3 is 2.60 bits per heavy atom. The van der Waals surface area contributed by atoms with Crippen molar-refractivity contribution in [2.75, 3.05) is 20.2 Å². The van der Waals surface area contributed by atoms with Crippen LogP contribution in [0.15, 0.2) is 18.2 Å². The van der Waals surface area contributed by atoms with E-state index in [-0.39, 0.29) is 24.6 Å². The second-order valence-electron chi connectivity index (χ2n) is 3.98. The number of methoxy groups -OCH3 is 1. The van der Waals surface area contributed by atoms with Gasteiger partial charge in [0, 0.05) is 0 Å². The van der Waals surface area contributed by atoms with Crippen molar-refractivity contribution < 1.29 is 22.7 Å². The van der Waals surface area contributed by atoms with Gasteiger partial charge in [0.05, 0.1) is 26.6 Å². The van der Waals surface area contributed by atoms with E-state index >= 15 is 0 Å². The summed E-state index contributed by atoms with van der Waals surface area (Å²) >= 11 is 0. The Kier molecular flexibility index (Phi) is 7.38. The van der Waals surface area contributed by atoms with Gasteiger partial charge in [0.25, 0.3) is 5.92 Å². The van der Waals surface area contributed by atoms with Crippen LogP contribution in [0.4, 0.5) is 13.2 Å². The summed E-state index contributed by atoms with van der Waals surface area (Å²) in [5.41, 5.74) is 5.20. The lowest BCUT2D eigenvalue weighted by atomic mass is 10.1. The number of hydrogen-bond acceptors (Lipinski definition) is 3. The molecule has 0 saturated carbocycles. The third-order valence-electron chi connectivity index (χ3n) is 2.42. The summed E-state index contributed by atoms with van der Waals surface area (Å²) in [5, 5.41) is 2.05. The Bertz CT molecular complexity index is 458. The molecule has 0 aromatic heterocycles. The van der Waals surface area contributed by atoms with Crippen molar-refractivity contribution in [1.29, 1.82) is 0 Å². The van der Waals surface area contributed by atoms with Crippen LogP contribution in [0.3, 0.4) is 0 Å². The molecule has 1 aromatic rings. The lowest BCUT2D eigenvalue weighted by molar-refractivity contribution is -0.122. The normalized spacial score (nSPS) is 10.7. The Morgan fingerprint density at radius 2 is 2.10 bits per heavy atom. The predicted octanol–water partition coefficient (Wildman–Crippen LogP) is 1.51. The average molecular weight is 313 g/mol. The fourth-order valence-corrected chi connectivity index (χ4v) is 1.37. The van der Waals surface area contributed by atoms with Crippen LogP contribution in [0, 0.1) is 5.82 Å². The molecule has 0 heterocycles. The number of nitrogens with one attached hydrogen (secondary N) is 1. The third kappa shape index (κ3) is 5.66. The van der Waals surface area contributed by atoms with Gasteiger partial charge in [-0.1, -0.05) is 6.07 Å². The standard InChI is InChI=1S/C12H15F3N2O2.ClH/c1-19-10-3-2-8(4-9(10)13)5-11(18)17-7-12(14,15)6-16;/h2-4H,5-7,16H2,1H3,(H,17,18);1H. The third-order valence-corrected chi connectivity index (χ3v) is 2.42. The van der Waals surface area contributed by atoms with E-state index < -0.39 is 30.7 Å². The van der Waals surface area contributed by atoms with E-state index in [2.05, 4.69) is 0 Å². The van der Waals surface area contributed by atoms with E-state index in [1.165, 1.54) is 19.2 Å². The molecule has 1 amide bonds. The highest BCUT2D eigenvalue weighted by atomic mass is 35.5. The molecular weight excluding hydrogens is 297 g/mol. The molecule has 0 saturated heterocycles. The van der Waals surface area contributed by atoms with Crippen molar-refractivity contribution in [2.24, 2.45) is 5.73 Å². The molecule has 4 nitrogen and oxygen atoms in total. The van der Waals surface area contributed by atoms with Crippen molar-refractivity contribution in [3.05, 3.63) is 29.6 Å². The summed E-state index contributed by atoms with van der Waals surface area (Å²) in [5.74, 6) is -4.32. The number of rotatable bonds is 6. The molecule has 114 valence electrons. The summed E-state index contributed by atoms with van der Waals surface area (Å²) in [6, 6.07) is 3.98. The van der Waals surface area contributed by atoms with Gasteiger partial charge in [-0.2, -0.15) is 0 Å². The number of halogens is 4. The van der Waals surface area contributed by atoms with E-state index in [0.29, 0.717) is 5.56 Å². The van der Waals surface area contributed by atoms with Gasteiger partial charge in [-0.05, 0) is 17.7 Å². The van der Waals surface area contributed by atoms with Gasteiger partial charge in [-0.3, -0.25) is 4.79 Å². The zero-order valence-electron chi connectivity index (χ0n) is 10.8. The summed E-state index contributed by atoms with van der Waals surface area (Å²) in [7, 11) is 1.32. The van der Waals surface area contributed by atoms with Gasteiger partial charge in [0.2, 0.25) is 5.91 Å². The number of hydrogen-bond donors (Lipinski definition) is 2. The maximum atomic E-state index is 13.3. The first-order valence-electron chi connectivity index (χ1n) is 5.55. The molecule has 0 aliphatic heterocycles. The number of carbonyl (C=O) groups is 1. The molecule has 0 aliphatic carbocycles. The van der Waals surface area contributed by atoms with Crippen LogP contribution in [-0.4, -0.2) is 32.0 Å². The van der Waals surface area contributed by atoms with Gasteiger partial charge in [-0.15, -0.1) is 12.4 Å². The molecule has 1 aromatic carbocycles. The number of carbonyl (C=O) groups excluding carboxylic acids is 1. The Labute approximate surface area is 120 Å². The molecule has 1 rings (SSSR count). The first kappa shape index (κ1) is 18.5. The van der Waals surface area contributed by atoms with Gasteiger partial charge < -0.3 is 15.8 Å². The zero-order chi connectivity index (χ0) is 14.5. The quantitative estimate of drug-likeness (QED) is 0.837. The number of benzene rings is 1. The van der Waals surface area contributed by atoms with E-state index in [9.17, 15) is 18.0 Å². The molecule has 0 aliphatic rings. The summed E-state index contributed by atoms with van der Waals surface area (Å²) in [4.78, 5) is 11.4. The number of nitrogens with two attached hydrogens (primary N) is 1. The summed E-state index contributed by atoms with van der Waals surface area (Å²) in [6.45, 7) is -1.68. The van der Waals surface area contributed by atoms with Gasteiger partial charge in [0.15, 0.2) is 11.6 Å². The highest BCUT2D eigenvalue weighted by molar-refractivity contribution is 5.85. The Hall–Kier alpha value is -1.47. The minimum Gasteiger partial charge on any atom is -0.494 e. The second kappa shape index (κ2) is 7.96. The van der Waals surface area contributed by atoms with Crippen molar-refractivity contribution in [3.8, 4) is 5.75 Å². The molecule has 8 heteroatoms. The van der Waals surface area contributed by atoms with E-state index in [0.717, 1.165) is 6.07 Å². The fourth-order valence-electron chi connectivity index (χ4n) is 1.37. The van der Waals surface area contributed by atoms with E-state index in [4.69, 9.17) is 10.5 Å². The maximum Gasteiger partial charge on any atom is 0.277 e. The highest BCUT2D eigenvalue weighted by Crippen LogP contribution is 2.18.